The quantitative estimate of drug-likeness (QED) is 0.711. The Morgan fingerprint density at radius 1 is 1.26 bits per heavy atom. The van der Waals surface area contributed by atoms with Crippen molar-refractivity contribution < 1.29 is 26.4 Å². The summed E-state index contributed by atoms with van der Waals surface area (Å²) in [6.45, 7) is 0.389. The second kappa shape index (κ2) is 8.39. The Balaban J connectivity index is 1.79. The molecule has 1 aliphatic carbocycles. The van der Waals surface area contributed by atoms with Crippen LogP contribution in [-0.2, 0) is 10.0 Å². The minimum absolute atomic E-state index is 0.117. The van der Waals surface area contributed by atoms with Gasteiger partial charge in [0.05, 0.1) is 6.61 Å². The minimum atomic E-state index is -4.23. The zero-order valence-corrected chi connectivity index (χ0v) is 15.8. The Morgan fingerprint density at radius 3 is 2.67 bits per heavy atom. The van der Waals surface area contributed by atoms with Crippen LogP contribution in [0.4, 0.5) is 14.8 Å². The Hall–Kier alpha value is -1.94. The predicted molar refractivity (Wildman–Crippen MR) is 93.6 cm³/mol. The lowest BCUT2D eigenvalue weighted by atomic mass is 9.90. The number of rotatable bonds is 7. The van der Waals surface area contributed by atoms with E-state index in [2.05, 4.69) is 14.6 Å². The molecule has 11 heteroatoms. The lowest BCUT2D eigenvalue weighted by Crippen LogP contribution is -2.18. The fourth-order valence-corrected chi connectivity index (χ4v) is 4.24. The highest BCUT2D eigenvalue weighted by atomic mass is 35.5. The summed E-state index contributed by atoms with van der Waals surface area (Å²) in [5, 5.41) is 6.52. The van der Waals surface area contributed by atoms with Gasteiger partial charge in [0, 0.05) is 5.02 Å². The van der Waals surface area contributed by atoms with Crippen LogP contribution in [0.3, 0.4) is 0 Å². The van der Waals surface area contributed by atoms with E-state index >= 15 is 0 Å². The van der Waals surface area contributed by atoms with Crippen LogP contribution >= 0.6 is 11.6 Å². The molecule has 0 amide bonds. The summed E-state index contributed by atoms with van der Waals surface area (Å²) in [4.78, 5) is -0.234. The first-order valence-corrected chi connectivity index (χ1v) is 10.3. The Labute approximate surface area is 160 Å². The minimum Gasteiger partial charge on any atom is -0.492 e. The number of alkyl halides is 2. The SMILES string of the molecule is O=S(=O)(Nc1nnc(C(F)F)o1)c1cc(Cl)ccc1OCC1CCCCC1. The van der Waals surface area contributed by atoms with Crippen molar-refractivity contribution in [2.45, 2.75) is 43.4 Å². The van der Waals surface area contributed by atoms with Crippen LogP contribution in [0, 0.1) is 5.92 Å². The third kappa shape index (κ3) is 5.07. The number of benzene rings is 1. The van der Waals surface area contributed by atoms with Crippen molar-refractivity contribution in [3.8, 4) is 5.75 Å². The summed E-state index contributed by atoms with van der Waals surface area (Å²) in [5.74, 6) is -0.499. The maximum absolute atomic E-state index is 12.6. The Kier molecular flexibility index (Phi) is 6.15. The zero-order valence-electron chi connectivity index (χ0n) is 14.2. The maximum atomic E-state index is 12.6. The first kappa shape index (κ1) is 19.8. The van der Waals surface area contributed by atoms with Crippen LogP contribution in [0.15, 0.2) is 27.5 Å². The largest absolute Gasteiger partial charge is 0.492 e. The number of nitrogens with zero attached hydrogens (tertiary/aromatic N) is 2. The van der Waals surface area contributed by atoms with Crippen LogP contribution in [0.1, 0.15) is 44.4 Å². The van der Waals surface area contributed by atoms with Crippen molar-refractivity contribution in [2.75, 3.05) is 11.3 Å². The van der Waals surface area contributed by atoms with Crippen LogP contribution in [0.2, 0.25) is 5.02 Å². The molecule has 3 rings (SSSR count). The van der Waals surface area contributed by atoms with Gasteiger partial charge in [0.2, 0.25) is 0 Å². The third-order valence-corrected chi connectivity index (χ3v) is 5.82. The molecule has 0 saturated heterocycles. The summed E-state index contributed by atoms with van der Waals surface area (Å²) >= 11 is 5.92. The smallest absolute Gasteiger partial charge is 0.329 e. The number of halogens is 3. The van der Waals surface area contributed by atoms with E-state index in [1.165, 1.54) is 24.6 Å². The van der Waals surface area contributed by atoms with Crippen LogP contribution < -0.4 is 9.46 Å². The Bertz CT molecular complexity index is 886. The van der Waals surface area contributed by atoms with Crippen molar-refractivity contribution in [2.24, 2.45) is 5.92 Å². The number of sulfonamides is 1. The molecule has 0 aliphatic heterocycles. The normalized spacial score (nSPS) is 15.9. The molecule has 1 aromatic carbocycles. The number of anilines is 1. The number of hydrogen-bond donors (Lipinski definition) is 1. The second-order valence-corrected chi connectivity index (χ2v) is 8.35. The van der Waals surface area contributed by atoms with Crippen molar-refractivity contribution in [1.82, 2.24) is 10.2 Å². The van der Waals surface area contributed by atoms with Gasteiger partial charge in [-0.15, -0.1) is 5.10 Å². The van der Waals surface area contributed by atoms with Gasteiger partial charge in [-0.2, -0.15) is 8.78 Å². The summed E-state index contributed by atoms with van der Waals surface area (Å²) in [7, 11) is -4.23. The molecule has 0 spiro atoms. The van der Waals surface area contributed by atoms with E-state index in [1.807, 2.05) is 4.72 Å². The molecule has 1 fully saturated rings. The third-order valence-electron chi connectivity index (χ3n) is 4.24. The molecular formula is C16H18ClF2N3O4S. The number of hydrogen-bond acceptors (Lipinski definition) is 6. The van der Waals surface area contributed by atoms with Gasteiger partial charge in [0.15, 0.2) is 0 Å². The summed E-state index contributed by atoms with van der Waals surface area (Å²) in [6.07, 6.45) is 2.52. The van der Waals surface area contributed by atoms with E-state index in [1.54, 1.807) is 0 Å². The molecule has 0 radical (unpaired) electrons. The molecule has 0 atom stereocenters. The summed E-state index contributed by atoms with van der Waals surface area (Å²) < 4.78 is 62.6. The molecule has 1 aromatic heterocycles. The van der Waals surface area contributed by atoms with Crippen molar-refractivity contribution in [3.63, 3.8) is 0 Å². The number of aromatic nitrogens is 2. The standard InChI is InChI=1S/C16H18ClF2N3O4S/c17-11-6-7-12(25-9-10-4-2-1-3-5-10)13(8-11)27(23,24)22-16-21-20-15(26-16)14(18)19/h6-8,10,14H,1-5,9H2,(H,21,22). The number of ether oxygens (including phenoxy) is 1. The Morgan fingerprint density at radius 2 is 2.00 bits per heavy atom. The highest BCUT2D eigenvalue weighted by Crippen LogP contribution is 2.31. The van der Waals surface area contributed by atoms with Gasteiger partial charge in [0.25, 0.3) is 15.9 Å². The molecule has 27 heavy (non-hydrogen) atoms. The van der Waals surface area contributed by atoms with E-state index in [4.69, 9.17) is 16.3 Å². The maximum Gasteiger partial charge on any atom is 0.329 e. The highest BCUT2D eigenvalue weighted by molar-refractivity contribution is 7.92. The summed E-state index contributed by atoms with van der Waals surface area (Å²) in [5.41, 5.74) is 0. The fourth-order valence-electron chi connectivity index (χ4n) is 2.91. The fraction of sp³-hybridized carbons (Fsp3) is 0.500. The molecular weight excluding hydrogens is 404 g/mol. The average molecular weight is 422 g/mol. The van der Waals surface area contributed by atoms with Crippen molar-refractivity contribution >= 4 is 27.6 Å². The number of nitrogens with one attached hydrogen (secondary N) is 1. The second-order valence-electron chi connectivity index (χ2n) is 6.26. The predicted octanol–water partition coefficient (Wildman–Crippen LogP) is 4.42. The molecule has 7 nitrogen and oxygen atoms in total. The molecule has 2 aromatic rings. The van der Waals surface area contributed by atoms with Crippen LogP contribution in [-0.4, -0.2) is 25.2 Å². The highest BCUT2D eigenvalue weighted by Gasteiger charge is 2.25. The van der Waals surface area contributed by atoms with Gasteiger partial charge in [-0.05, 0) is 37.0 Å². The lowest BCUT2D eigenvalue weighted by Gasteiger charge is -2.22. The zero-order chi connectivity index (χ0) is 19.4. The van der Waals surface area contributed by atoms with Crippen molar-refractivity contribution in [1.29, 1.82) is 0 Å². The average Bonchev–Trinajstić information content (AvgIpc) is 3.09. The van der Waals surface area contributed by atoms with Gasteiger partial charge >= 0.3 is 12.4 Å². The van der Waals surface area contributed by atoms with Gasteiger partial charge in [0.1, 0.15) is 10.6 Å². The van der Waals surface area contributed by atoms with E-state index in [9.17, 15) is 17.2 Å². The van der Waals surface area contributed by atoms with Crippen LogP contribution in [0.5, 0.6) is 5.75 Å². The first-order chi connectivity index (χ1) is 12.8. The molecule has 1 N–H and O–H groups in total. The molecule has 0 bridgehead atoms. The van der Waals surface area contributed by atoms with E-state index in [0.29, 0.717) is 12.5 Å². The van der Waals surface area contributed by atoms with E-state index in [-0.39, 0.29) is 15.7 Å². The van der Waals surface area contributed by atoms with Crippen molar-refractivity contribution in [3.05, 3.63) is 29.1 Å². The van der Waals surface area contributed by atoms with Gasteiger partial charge in [-0.25, -0.2) is 13.1 Å². The molecule has 1 saturated carbocycles. The topological polar surface area (TPSA) is 94.3 Å². The van der Waals surface area contributed by atoms with Gasteiger partial charge < -0.3 is 9.15 Å². The first-order valence-electron chi connectivity index (χ1n) is 8.42. The van der Waals surface area contributed by atoms with E-state index in [0.717, 1.165) is 25.7 Å². The molecule has 1 aliphatic rings. The molecule has 148 valence electrons. The summed E-state index contributed by atoms with van der Waals surface area (Å²) in [6, 6.07) is 3.52. The van der Waals surface area contributed by atoms with Gasteiger partial charge in [-0.3, -0.25) is 0 Å². The van der Waals surface area contributed by atoms with E-state index < -0.39 is 28.4 Å². The molecule has 1 heterocycles. The van der Waals surface area contributed by atoms with Gasteiger partial charge in [-0.1, -0.05) is 36.0 Å². The lowest BCUT2D eigenvalue weighted by molar-refractivity contribution is 0.116. The monoisotopic (exact) mass is 421 g/mol. The van der Waals surface area contributed by atoms with Crippen LogP contribution in [0.25, 0.3) is 0 Å². The molecule has 0 unspecified atom stereocenters.